The van der Waals surface area contributed by atoms with E-state index in [1.165, 1.54) is 0 Å². The average Bonchev–Trinajstić information content (AvgIpc) is 1.65. The van der Waals surface area contributed by atoms with Gasteiger partial charge >= 0.3 is 0 Å². The highest BCUT2D eigenvalue weighted by atomic mass is 16.6. The van der Waals surface area contributed by atoms with Crippen molar-refractivity contribution < 1.29 is 4.84 Å². The van der Waals surface area contributed by atoms with Gasteiger partial charge in [0.15, 0.2) is 0 Å². The van der Waals surface area contributed by atoms with Crippen LogP contribution in [-0.2, 0) is 4.84 Å². The standard InChI is InChI=1S/C7H17NO/c1-6(2)7(3,4)5-9-8/h6H,5,8H2,1-4H3. The van der Waals surface area contributed by atoms with Crippen molar-refractivity contribution in [1.82, 2.24) is 0 Å². The summed E-state index contributed by atoms with van der Waals surface area (Å²) >= 11 is 0. The Balaban J connectivity index is 3.70. The molecule has 0 saturated carbocycles. The van der Waals surface area contributed by atoms with Gasteiger partial charge in [-0.15, -0.1) is 0 Å². The van der Waals surface area contributed by atoms with Crippen LogP contribution < -0.4 is 5.90 Å². The van der Waals surface area contributed by atoms with E-state index in [4.69, 9.17) is 5.90 Å². The monoisotopic (exact) mass is 131 g/mol. The van der Waals surface area contributed by atoms with E-state index in [1.54, 1.807) is 0 Å². The van der Waals surface area contributed by atoms with Crippen molar-refractivity contribution in [2.45, 2.75) is 27.7 Å². The van der Waals surface area contributed by atoms with E-state index < -0.39 is 0 Å². The summed E-state index contributed by atoms with van der Waals surface area (Å²) in [4.78, 5) is 4.57. The quantitative estimate of drug-likeness (QED) is 0.590. The molecule has 0 fully saturated rings. The maximum Gasteiger partial charge on any atom is 0.0732 e. The molecular weight excluding hydrogens is 114 g/mol. The lowest BCUT2D eigenvalue weighted by Gasteiger charge is -2.27. The second kappa shape index (κ2) is 3.18. The van der Waals surface area contributed by atoms with Gasteiger partial charge < -0.3 is 4.84 Å². The lowest BCUT2D eigenvalue weighted by atomic mass is 9.82. The average molecular weight is 131 g/mol. The smallest absolute Gasteiger partial charge is 0.0732 e. The van der Waals surface area contributed by atoms with Crippen LogP contribution in [-0.4, -0.2) is 6.61 Å². The molecule has 0 aliphatic carbocycles. The van der Waals surface area contributed by atoms with E-state index in [0.29, 0.717) is 12.5 Å². The molecule has 2 nitrogen and oxygen atoms in total. The molecule has 56 valence electrons. The fourth-order valence-electron chi connectivity index (χ4n) is 0.381. The first kappa shape index (κ1) is 8.92. The van der Waals surface area contributed by atoms with E-state index >= 15 is 0 Å². The van der Waals surface area contributed by atoms with Gasteiger partial charge in [0.2, 0.25) is 0 Å². The van der Waals surface area contributed by atoms with Gasteiger partial charge in [-0.2, -0.15) is 0 Å². The number of rotatable bonds is 3. The number of hydrogen-bond donors (Lipinski definition) is 1. The molecule has 2 N–H and O–H groups in total. The molecule has 0 aromatic carbocycles. The second-order valence-electron chi connectivity index (χ2n) is 3.45. The Morgan fingerprint density at radius 3 is 2.00 bits per heavy atom. The second-order valence-corrected chi connectivity index (χ2v) is 3.45. The highest BCUT2D eigenvalue weighted by Gasteiger charge is 2.21. The van der Waals surface area contributed by atoms with Crippen LogP contribution in [0.2, 0.25) is 0 Å². The maximum atomic E-state index is 4.95. The summed E-state index contributed by atoms with van der Waals surface area (Å²) in [6.45, 7) is 9.25. The summed E-state index contributed by atoms with van der Waals surface area (Å²) in [5.74, 6) is 5.56. The molecule has 0 unspecified atom stereocenters. The Morgan fingerprint density at radius 1 is 1.44 bits per heavy atom. The predicted octanol–water partition coefficient (Wildman–Crippen LogP) is 1.56. The zero-order valence-electron chi connectivity index (χ0n) is 6.77. The molecule has 0 aliphatic heterocycles. The Hall–Kier alpha value is -0.0800. The van der Waals surface area contributed by atoms with Crippen LogP contribution in [0.5, 0.6) is 0 Å². The molecule has 0 radical (unpaired) electrons. The molecule has 0 spiro atoms. The van der Waals surface area contributed by atoms with Crippen molar-refractivity contribution in [2.75, 3.05) is 6.61 Å². The van der Waals surface area contributed by atoms with Crippen LogP contribution in [0.3, 0.4) is 0 Å². The normalized spacial score (nSPS) is 12.7. The van der Waals surface area contributed by atoms with Crippen molar-refractivity contribution >= 4 is 0 Å². The van der Waals surface area contributed by atoms with Crippen molar-refractivity contribution in [3.8, 4) is 0 Å². The summed E-state index contributed by atoms with van der Waals surface area (Å²) in [7, 11) is 0. The minimum Gasteiger partial charge on any atom is -0.304 e. The Kier molecular flexibility index (Phi) is 3.15. The summed E-state index contributed by atoms with van der Waals surface area (Å²) < 4.78 is 0. The topological polar surface area (TPSA) is 35.2 Å². The Labute approximate surface area is 57.3 Å². The Bertz CT molecular complexity index is 79.0. The van der Waals surface area contributed by atoms with Crippen molar-refractivity contribution in [3.63, 3.8) is 0 Å². The predicted molar refractivity (Wildman–Crippen MR) is 38.8 cm³/mol. The highest BCUT2D eigenvalue weighted by Crippen LogP contribution is 2.25. The molecule has 0 amide bonds. The fourth-order valence-corrected chi connectivity index (χ4v) is 0.381. The zero-order chi connectivity index (χ0) is 7.49. The summed E-state index contributed by atoms with van der Waals surface area (Å²) in [5.41, 5.74) is 0.203. The molecule has 0 bridgehead atoms. The van der Waals surface area contributed by atoms with Crippen molar-refractivity contribution in [2.24, 2.45) is 17.2 Å². The van der Waals surface area contributed by atoms with Gasteiger partial charge in [-0.25, -0.2) is 5.90 Å². The van der Waals surface area contributed by atoms with Crippen molar-refractivity contribution in [1.29, 1.82) is 0 Å². The summed E-state index contributed by atoms with van der Waals surface area (Å²) in [6.07, 6.45) is 0. The third kappa shape index (κ3) is 2.82. The molecule has 2 heteroatoms. The van der Waals surface area contributed by atoms with E-state index in [0.717, 1.165) is 0 Å². The molecule has 9 heavy (non-hydrogen) atoms. The minimum atomic E-state index is 0.203. The van der Waals surface area contributed by atoms with Gasteiger partial charge in [0.25, 0.3) is 0 Å². The number of hydrogen-bond acceptors (Lipinski definition) is 2. The van der Waals surface area contributed by atoms with Crippen LogP contribution >= 0.6 is 0 Å². The molecule has 0 atom stereocenters. The van der Waals surface area contributed by atoms with E-state index in [9.17, 15) is 0 Å². The summed E-state index contributed by atoms with van der Waals surface area (Å²) in [5, 5.41) is 0. The summed E-state index contributed by atoms with van der Waals surface area (Å²) in [6, 6.07) is 0. The Morgan fingerprint density at radius 2 is 1.89 bits per heavy atom. The van der Waals surface area contributed by atoms with Gasteiger partial charge in [0.1, 0.15) is 0 Å². The first-order valence-corrected chi connectivity index (χ1v) is 3.32. The van der Waals surface area contributed by atoms with E-state index in [1.807, 2.05) is 0 Å². The zero-order valence-corrected chi connectivity index (χ0v) is 6.77. The van der Waals surface area contributed by atoms with Crippen LogP contribution in [0.25, 0.3) is 0 Å². The molecule has 0 aromatic heterocycles. The third-order valence-electron chi connectivity index (χ3n) is 2.02. The largest absolute Gasteiger partial charge is 0.304 e. The van der Waals surface area contributed by atoms with Gasteiger partial charge in [0.05, 0.1) is 6.61 Å². The van der Waals surface area contributed by atoms with Crippen LogP contribution in [0.15, 0.2) is 0 Å². The van der Waals surface area contributed by atoms with Gasteiger partial charge in [-0.05, 0) is 11.3 Å². The lowest BCUT2D eigenvalue weighted by molar-refractivity contribution is 0.0374. The van der Waals surface area contributed by atoms with E-state index in [2.05, 4.69) is 32.5 Å². The molecule has 0 heterocycles. The molecule has 0 aromatic rings. The molecule has 0 saturated heterocycles. The van der Waals surface area contributed by atoms with Crippen LogP contribution in [0.4, 0.5) is 0 Å². The SMILES string of the molecule is CC(C)C(C)(C)CON. The van der Waals surface area contributed by atoms with Crippen LogP contribution in [0, 0.1) is 11.3 Å². The van der Waals surface area contributed by atoms with Gasteiger partial charge in [-0.1, -0.05) is 27.7 Å². The fraction of sp³-hybridized carbons (Fsp3) is 1.00. The third-order valence-corrected chi connectivity index (χ3v) is 2.02. The highest BCUT2D eigenvalue weighted by molar-refractivity contribution is 4.70. The van der Waals surface area contributed by atoms with Gasteiger partial charge in [0, 0.05) is 0 Å². The molecule has 0 rings (SSSR count). The molecular formula is C7H17NO. The maximum absolute atomic E-state index is 4.95. The van der Waals surface area contributed by atoms with Crippen molar-refractivity contribution in [3.05, 3.63) is 0 Å². The first-order valence-electron chi connectivity index (χ1n) is 3.32. The lowest BCUT2D eigenvalue weighted by Crippen LogP contribution is -2.27. The first-order chi connectivity index (χ1) is 4.00. The molecule has 0 aliphatic rings. The van der Waals surface area contributed by atoms with Crippen LogP contribution in [0.1, 0.15) is 27.7 Å². The van der Waals surface area contributed by atoms with Gasteiger partial charge in [-0.3, -0.25) is 0 Å². The number of nitrogens with two attached hydrogens (primary N) is 1. The minimum absolute atomic E-state index is 0.203. The van der Waals surface area contributed by atoms with E-state index in [-0.39, 0.29) is 5.41 Å².